The molecule has 4 rings (SSSR count). The number of carbonyl (C=O) groups is 1. The second-order valence-electron chi connectivity index (χ2n) is 8.27. The number of piperidine rings is 1. The monoisotopic (exact) mass is 412 g/mol. The summed E-state index contributed by atoms with van der Waals surface area (Å²) in [5, 5.41) is 10.9. The van der Waals surface area contributed by atoms with Gasteiger partial charge >= 0.3 is 0 Å². The van der Waals surface area contributed by atoms with Crippen molar-refractivity contribution in [2.45, 2.75) is 19.3 Å². The predicted octanol–water partition coefficient (Wildman–Crippen LogP) is 1.95. The number of hydrogen-bond donors (Lipinski definition) is 2. The number of aromatic nitrogens is 1. The van der Waals surface area contributed by atoms with Crippen molar-refractivity contribution in [3.05, 3.63) is 42.1 Å². The van der Waals surface area contributed by atoms with E-state index in [1.807, 2.05) is 36.4 Å². The maximum atomic E-state index is 12.5. The molecule has 0 bridgehead atoms. The highest BCUT2D eigenvalue weighted by Gasteiger charge is 2.28. The molecule has 1 aromatic carbocycles. The standard InChI is InChI=1S/C23H32N4O3/c28-23(25-8-9-27-10-12-29-13-11-27)15-19-6-7-24-17-20(19)14-21-16-22(30-26-21)18-4-2-1-3-5-18/h1-5,16,19-20,24H,6-15,17H2,(H,25,28). The maximum absolute atomic E-state index is 12.5. The summed E-state index contributed by atoms with van der Waals surface area (Å²) in [7, 11) is 0. The third-order valence-electron chi connectivity index (χ3n) is 6.16. The van der Waals surface area contributed by atoms with Crippen LogP contribution in [0.1, 0.15) is 18.5 Å². The van der Waals surface area contributed by atoms with Crippen LogP contribution in [-0.4, -0.2) is 68.4 Å². The van der Waals surface area contributed by atoms with Crippen LogP contribution in [0.25, 0.3) is 11.3 Å². The summed E-state index contributed by atoms with van der Waals surface area (Å²) < 4.78 is 10.9. The maximum Gasteiger partial charge on any atom is 0.220 e. The van der Waals surface area contributed by atoms with E-state index < -0.39 is 0 Å². The normalized spacial score (nSPS) is 22.7. The topological polar surface area (TPSA) is 79.6 Å². The Morgan fingerprint density at radius 2 is 2.03 bits per heavy atom. The lowest BCUT2D eigenvalue weighted by atomic mass is 9.81. The molecule has 1 aromatic heterocycles. The largest absolute Gasteiger partial charge is 0.379 e. The van der Waals surface area contributed by atoms with Crippen molar-refractivity contribution >= 4 is 5.91 Å². The van der Waals surface area contributed by atoms with Crippen LogP contribution in [0.15, 0.2) is 40.9 Å². The van der Waals surface area contributed by atoms with E-state index in [9.17, 15) is 4.79 Å². The van der Waals surface area contributed by atoms with E-state index in [4.69, 9.17) is 9.26 Å². The number of rotatable bonds is 8. The van der Waals surface area contributed by atoms with Crippen molar-refractivity contribution in [2.24, 2.45) is 11.8 Å². The minimum Gasteiger partial charge on any atom is -0.379 e. The van der Waals surface area contributed by atoms with Crippen LogP contribution >= 0.6 is 0 Å². The van der Waals surface area contributed by atoms with E-state index in [2.05, 4.69) is 20.7 Å². The molecule has 30 heavy (non-hydrogen) atoms. The lowest BCUT2D eigenvalue weighted by molar-refractivity contribution is -0.122. The van der Waals surface area contributed by atoms with Crippen LogP contribution in [-0.2, 0) is 16.0 Å². The van der Waals surface area contributed by atoms with Crippen molar-refractivity contribution in [1.82, 2.24) is 20.7 Å². The van der Waals surface area contributed by atoms with Gasteiger partial charge in [-0.05, 0) is 37.8 Å². The Balaban J connectivity index is 1.26. The van der Waals surface area contributed by atoms with Crippen molar-refractivity contribution in [2.75, 3.05) is 52.5 Å². The fourth-order valence-corrected chi connectivity index (χ4v) is 4.39. The molecule has 2 aliphatic heterocycles. The minimum atomic E-state index is 0.158. The van der Waals surface area contributed by atoms with Gasteiger partial charge in [-0.3, -0.25) is 9.69 Å². The van der Waals surface area contributed by atoms with E-state index in [0.29, 0.717) is 24.8 Å². The number of benzene rings is 1. The van der Waals surface area contributed by atoms with Crippen molar-refractivity contribution < 1.29 is 14.1 Å². The molecule has 7 nitrogen and oxygen atoms in total. The number of nitrogens with one attached hydrogen (secondary N) is 2. The SMILES string of the molecule is O=C(CC1CCNCC1Cc1cc(-c2ccccc2)on1)NCCN1CCOCC1. The van der Waals surface area contributed by atoms with Gasteiger partial charge < -0.3 is 19.9 Å². The highest BCUT2D eigenvalue weighted by Crippen LogP contribution is 2.28. The van der Waals surface area contributed by atoms with Crippen LogP contribution in [0.4, 0.5) is 0 Å². The Morgan fingerprint density at radius 1 is 1.20 bits per heavy atom. The molecule has 2 atom stereocenters. The first-order valence-electron chi connectivity index (χ1n) is 11.1. The summed E-state index contributed by atoms with van der Waals surface area (Å²) in [5.41, 5.74) is 1.99. The van der Waals surface area contributed by atoms with Gasteiger partial charge in [0.15, 0.2) is 5.76 Å². The van der Waals surface area contributed by atoms with Gasteiger partial charge in [0.2, 0.25) is 5.91 Å². The van der Waals surface area contributed by atoms with E-state index in [1.54, 1.807) is 0 Å². The third kappa shape index (κ3) is 5.90. The molecule has 162 valence electrons. The number of nitrogens with zero attached hydrogens (tertiary/aromatic N) is 2. The number of morpholine rings is 1. The van der Waals surface area contributed by atoms with Crippen LogP contribution < -0.4 is 10.6 Å². The quantitative estimate of drug-likeness (QED) is 0.690. The molecule has 2 aliphatic rings. The summed E-state index contributed by atoms with van der Waals surface area (Å²) in [6.45, 7) is 6.97. The smallest absolute Gasteiger partial charge is 0.220 e. The summed E-state index contributed by atoms with van der Waals surface area (Å²) in [4.78, 5) is 14.9. The molecule has 7 heteroatoms. The second kappa shape index (κ2) is 10.7. The first kappa shape index (κ1) is 21.0. The van der Waals surface area contributed by atoms with E-state index in [1.165, 1.54) is 0 Å². The lowest BCUT2D eigenvalue weighted by Gasteiger charge is -2.31. The van der Waals surface area contributed by atoms with Crippen molar-refractivity contribution in [1.29, 1.82) is 0 Å². The van der Waals surface area contributed by atoms with Crippen LogP contribution in [0.3, 0.4) is 0 Å². The number of hydrogen-bond acceptors (Lipinski definition) is 6. The molecule has 0 spiro atoms. The minimum absolute atomic E-state index is 0.158. The highest BCUT2D eigenvalue weighted by molar-refractivity contribution is 5.76. The number of amides is 1. The Kier molecular flexibility index (Phi) is 7.50. The third-order valence-corrected chi connectivity index (χ3v) is 6.16. The molecule has 3 heterocycles. The van der Waals surface area contributed by atoms with Gasteiger partial charge in [0.1, 0.15) is 0 Å². The average Bonchev–Trinajstić information content (AvgIpc) is 3.25. The Bertz CT molecular complexity index is 789. The average molecular weight is 413 g/mol. The Hall–Kier alpha value is -2.22. The van der Waals surface area contributed by atoms with Gasteiger partial charge in [0.05, 0.1) is 18.9 Å². The van der Waals surface area contributed by atoms with E-state index >= 15 is 0 Å². The van der Waals surface area contributed by atoms with Gasteiger partial charge in [-0.1, -0.05) is 35.5 Å². The van der Waals surface area contributed by atoms with E-state index in [0.717, 1.165) is 75.8 Å². The van der Waals surface area contributed by atoms with Gasteiger partial charge in [-0.25, -0.2) is 0 Å². The molecule has 2 aromatic rings. The van der Waals surface area contributed by atoms with Crippen LogP contribution in [0, 0.1) is 11.8 Å². The Labute approximate surface area is 178 Å². The molecular formula is C23H32N4O3. The van der Waals surface area contributed by atoms with Crippen molar-refractivity contribution in [3.8, 4) is 11.3 Å². The Morgan fingerprint density at radius 3 is 2.87 bits per heavy atom. The molecule has 0 aliphatic carbocycles. The molecule has 2 unspecified atom stereocenters. The van der Waals surface area contributed by atoms with Gasteiger partial charge in [-0.2, -0.15) is 0 Å². The zero-order valence-corrected chi connectivity index (χ0v) is 17.5. The summed E-state index contributed by atoms with van der Waals surface area (Å²) in [5.74, 6) is 1.71. The fourth-order valence-electron chi connectivity index (χ4n) is 4.39. The molecule has 2 N–H and O–H groups in total. The first-order chi connectivity index (χ1) is 14.8. The molecule has 2 saturated heterocycles. The summed E-state index contributed by atoms with van der Waals surface area (Å²) in [6.07, 6.45) is 2.43. The predicted molar refractivity (Wildman–Crippen MR) is 115 cm³/mol. The van der Waals surface area contributed by atoms with Crippen LogP contribution in [0.2, 0.25) is 0 Å². The van der Waals surface area contributed by atoms with Gasteiger partial charge in [0.25, 0.3) is 0 Å². The highest BCUT2D eigenvalue weighted by atomic mass is 16.5. The lowest BCUT2D eigenvalue weighted by Crippen LogP contribution is -2.43. The zero-order valence-electron chi connectivity index (χ0n) is 17.5. The van der Waals surface area contributed by atoms with Crippen LogP contribution in [0.5, 0.6) is 0 Å². The molecule has 1 amide bonds. The molecule has 2 fully saturated rings. The van der Waals surface area contributed by atoms with Gasteiger partial charge in [-0.15, -0.1) is 0 Å². The molecule has 0 radical (unpaired) electrons. The second-order valence-corrected chi connectivity index (χ2v) is 8.27. The van der Waals surface area contributed by atoms with Gasteiger partial charge in [0, 0.05) is 44.2 Å². The summed E-state index contributed by atoms with van der Waals surface area (Å²) in [6, 6.07) is 12.1. The fraction of sp³-hybridized carbons (Fsp3) is 0.565. The van der Waals surface area contributed by atoms with E-state index in [-0.39, 0.29) is 5.91 Å². The zero-order chi connectivity index (χ0) is 20.6. The number of ether oxygens (including phenoxy) is 1. The first-order valence-corrected chi connectivity index (χ1v) is 11.1. The van der Waals surface area contributed by atoms with Crippen molar-refractivity contribution in [3.63, 3.8) is 0 Å². The molecule has 0 saturated carbocycles. The number of carbonyl (C=O) groups excluding carboxylic acids is 1. The summed E-state index contributed by atoms with van der Waals surface area (Å²) >= 11 is 0. The molecular weight excluding hydrogens is 380 g/mol.